The lowest BCUT2D eigenvalue weighted by Crippen LogP contribution is -2.19. The quantitative estimate of drug-likeness (QED) is 0.382. The Morgan fingerprint density at radius 2 is 1.18 bits per heavy atom. The van der Waals surface area contributed by atoms with Crippen molar-refractivity contribution in [2.75, 3.05) is 22.1 Å². The molecule has 0 radical (unpaired) electrons. The molecule has 6 N–H and O–H groups in total. The fourth-order valence-corrected chi connectivity index (χ4v) is 3.12. The molecule has 4 rings (SSSR count). The number of fused-ring (bicyclic) bond motifs is 2. The van der Waals surface area contributed by atoms with E-state index in [1.165, 1.54) is 0 Å². The molecule has 2 heterocycles. The van der Waals surface area contributed by atoms with Gasteiger partial charge in [-0.3, -0.25) is 0 Å². The Balaban J connectivity index is 1.58. The minimum Gasteiger partial charge on any atom is -0.397 e. The Morgan fingerprint density at radius 3 is 1.61 bits per heavy atom. The van der Waals surface area contributed by atoms with E-state index in [9.17, 15) is 0 Å². The summed E-state index contributed by atoms with van der Waals surface area (Å²) in [5, 5.41) is 24.8. The van der Waals surface area contributed by atoms with Crippen molar-refractivity contribution in [1.82, 2.24) is 20.4 Å². The number of nitrogens with zero attached hydrogens (tertiary/aromatic N) is 4. The maximum Gasteiger partial charge on any atom is 0.175 e. The van der Waals surface area contributed by atoms with Crippen LogP contribution >= 0.6 is 12.2 Å². The Bertz CT molecular complexity index is 1140. The van der Waals surface area contributed by atoms with E-state index >= 15 is 0 Å². The van der Waals surface area contributed by atoms with Crippen molar-refractivity contribution in [3.05, 3.63) is 47.8 Å². The molecule has 0 saturated heterocycles. The van der Waals surface area contributed by atoms with Crippen LogP contribution in [0.2, 0.25) is 0 Å². The van der Waals surface area contributed by atoms with E-state index in [1.807, 2.05) is 50.2 Å². The van der Waals surface area contributed by atoms with Gasteiger partial charge >= 0.3 is 0 Å². The molecule has 0 aliphatic heterocycles. The Hall–Kier alpha value is -3.59. The minimum atomic E-state index is 0.438. The molecule has 0 saturated carbocycles. The topological polar surface area (TPSA) is 128 Å². The van der Waals surface area contributed by atoms with Crippen molar-refractivity contribution in [3.8, 4) is 0 Å². The second kappa shape index (κ2) is 6.86. The molecule has 4 aromatic rings. The molecular weight excluding hydrogens is 372 g/mol. The molecule has 140 valence electrons. The van der Waals surface area contributed by atoms with Crippen LogP contribution in [0.4, 0.5) is 22.7 Å². The van der Waals surface area contributed by atoms with Gasteiger partial charge < -0.3 is 22.1 Å². The van der Waals surface area contributed by atoms with Gasteiger partial charge in [0.2, 0.25) is 0 Å². The highest BCUT2D eigenvalue weighted by atomic mass is 32.1. The summed E-state index contributed by atoms with van der Waals surface area (Å²) in [6, 6.07) is 11.2. The number of aromatic nitrogens is 4. The molecule has 2 aromatic heterocycles. The van der Waals surface area contributed by atoms with Crippen molar-refractivity contribution < 1.29 is 0 Å². The average molecular weight is 390 g/mol. The lowest BCUT2D eigenvalue weighted by atomic mass is 10.1. The number of nitrogen functional groups attached to an aromatic ring is 2. The van der Waals surface area contributed by atoms with Crippen LogP contribution in [0.25, 0.3) is 21.8 Å². The second-order valence-corrected chi connectivity index (χ2v) is 6.85. The number of nitrogens with one attached hydrogen (secondary N) is 2. The fourth-order valence-electron chi connectivity index (χ4n) is 2.88. The third-order valence-corrected chi connectivity index (χ3v) is 4.69. The summed E-state index contributed by atoms with van der Waals surface area (Å²) < 4.78 is 0. The van der Waals surface area contributed by atoms with Gasteiger partial charge in [0, 0.05) is 22.1 Å². The van der Waals surface area contributed by atoms with Gasteiger partial charge in [-0.05, 0) is 62.5 Å². The molecule has 0 aliphatic rings. The van der Waals surface area contributed by atoms with Gasteiger partial charge in [-0.2, -0.15) is 20.4 Å². The van der Waals surface area contributed by atoms with Crippen LogP contribution in [0.3, 0.4) is 0 Å². The van der Waals surface area contributed by atoms with E-state index in [-0.39, 0.29) is 0 Å². The summed E-state index contributed by atoms with van der Waals surface area (Å²) in [5.74, 6) is 0. The SMILES string of the molecule is Cc1nnc2ccc(NC(=S)Nc3ccc4nnc(C)c(N)c4c3)cc2c1N. The van der Waals surface area contributed by atoms with Crippen LogP contribution in [-0.2, 0) is 0 Å². The standard InChI is InChI=1S/C19H18N8S/c1-9-17(20)13-7-11(3-5-15(13)26-24-9)22-19(28)23-12-4-6-16-14(8-12)18(21)10(2)25-27-16/h3-8H,1-2H3,(H2,20,26)(H2,21,27)(H2,22,23,28). The molecule has 0 spiro atoms. The molecule has 2 aromatic carbocycles. The molecule has 0 unspecified atom stereocenters. The summed E-state index contributed by atoms with van der Waals surface area (Å²) in [6.07, 6.45) is 0. The summed E-state index contributed by atoms with van der Waals surface area (Å²) in [6.45, 7) is 3.65. The highest BCUT2D eigenvalue weighted by Crippen LogP contribution is 2.26. The summed E-state index contributed by atoms with van der Waals surface area (Å²) >= 11 is 5.44. The van der Waals surface area contributed by atoms with Crippen LogP contribution in [0, 0.1) is 13.8 Å². The number of hydrogen-bond donors (Lipinski definition) is 4. The first-order valence-electron chi connectivity index (χ1n) is 8.55. The molecule has 0 fully saturated rings. The zero-order chi connectivity index (χ0) is 19.8. The first-order valence-corrected chi connectivity index (χ1v) is 8.96. The first-order chi connectivity index (χ1) is 13.4. The Kier molecular flexibility index (Phi) is 4.36. The normalized spacial score (nSPS) is 10.9. The molecule has 28 heavy (non-hydrogen) atoms. The molecule has 0 bridgehead atoms. The predicted octanol–water partition coefficient (Wildman–Crippen LogP) is 3.16. The van der Waals surface area contributed by atoms with Gasteiger partial charge in [0.25, 0.3) is 0 Å². The highest BCUT2D eigenvalue weighted by molar-refractivity contribution is 7.80. The number of benzene rings is 2. The largest absolute Gasteiger partial charge is 0.397 e. The van der Waals surface area contributed by atoms with E-state index in [1.54, 1.807) is 0 Å². The van der Waals surface area contributed by atoms with E-state index in [0.717, 1.165) is 33.2 Å². The molecule has 9 heteroatoms. The molecule has 0 atom stereocenters. The third kappa shape index (κ3) is 3.23. The molecule has 0 aliphatic carbocycles. The zero-order valence-corrected chi connectivity index (χ0v) is 16.1. The zero-order valence-electron chi connectivity index (χ0n) is 15.3. The van der Waals surface area contributed by atoms with Crippen LogP contribution in [0.15, 0.2) is 36.4 Å². The number of nitrogens with two attached hydrogens (primary N) is 2. The summed E-state index contributed by atoms with van der Waals surface area (Å²) in [7, 11) is 0. The molecule has 8 nitrogen and oxygen atoms in total. The van der Waals surface area contributed by atoms with Crippen molar-refractivity contribution in [1.29, 1.82) is 0 Å². The van der Waals surface area contributed by atoms with Crippen LogP contribution in [-0.4, -0.2) is 25.5 Å². The van der Waals surface area contributed by atoms with Crippen molar-refractivity contribution in [2.45, 2.75) is 13.8 Å². The van der Waals surface area contributed by atoms with Crippen molar-refractivity contribution in [3.63, 3.8) is 0 Å². The lowest BCUT2D eigenvalue weighted by Gasteiger charge is -2.13. The number of hydrogen-bond acceptors (Lipinski definition) is 7. The second-order valence-electron chi connectivity index (χ2n) is 6.44. The van der Waals surface area contributed by atoms with E-state index in [2.05, 4.69) is 31.0 Å². The van der Waals surface area contributed by atoms with Crippen LogP contribution in [0.5, 0.6) is 0 Å². The van der Waals surface area contributed by atoms with Crippen molar-refractivity contribution >= 4 is 61.9 Å². The first kappa shape index (κ1) is 17.8. The summed E-state index contributed by atoms with van der Waals surface area (Å²) in [5.41, 5.74) is 17.9. The Labute approximate surface area is 166 Å². The fraction of sp³-hybridized carbons (Fsp3) is 0.105. The van der Waals surface area contributed by atoms with Gasteiger partial charge in [-0.15, -0.1) is 0 Å². The van der Waals surface area contributed by atoms with E-state index in [4.69, 9.17) is 23.7 Å². The number of anilines is 4. The Morgan fingerprint density at radius 1 is 0.750 bits per heavy atom. The lowest BCUT2D eigenvalue weighted by molar-refractivity contribution is 1.02. The summed E-state index contributed by atoms with van der Waals surface area (Å²) in [4.78, 5) is 0. The smallest absolute Gasteiger partial charge is 0.175 e. The molecular formula is C19H18N8S. The predicted molar refractivity (Wildman–Crippen MR) is 117 cm³/mol. The molecule has 0 amide bonds. The number of aryl methyl sites for hydroxylation is 2. The van der Waals surface area contributed by atoms with E-state index in [0.29, 0.717) is 27.9 Å². The van der Waals surface area contributed by atoms with Crippen LogP contribution in [0.1, 0.15) is 11.4 Å². The maximum atomic E-state index is 6.12. The van der Waals surface area contributed by atoms with Gasteiger partial charge in [0.1, 0.15) is 0 Å². The monoisotopic (exact) mass is 390 g/mol. The third-order valence-electron chi connectivity index (χ3n) is 4.48. The maximum absolute atomic E-state index is 6.12. The highest BCUT2D eigenvalue weighted by Gasteiger charge is 2.08. The van der Waals surface area contributed by atoms with Gasteiger partial charge in [0.05, 0.1) is 33.8 Å². The van der Waals surface area contributed by atoms with Gasteiger partial charge in [-0.25, -0.2) is 0 Å². The van der Waals surface area contributed by atoms with E-state index < -0.39 is 0 Å². The number of thiocarbonyl (C=S) groups is 1. The van der Waals surface area contributed by atoms with Crippen molar-refractivity contribution in [2.24, 2.45) is 0 Å². The minimum absolute atomic E-state index is 0.438. The average Bonchev–Trinajstić information content (AvgIpc) is 2.68. The number of rotatable bonds is 2. The van der Waals surface area contributed by atoms with Gasteiger partial charge in [0.15, 0.2) is 5.11 Å². The van der Waals surface area contributed by atoms with Gasteiger partial charge in [-0.1, -0.05) is 0 Å². The van der Waals surface area contributed by atoms with Crippen LogP contribution < -0.4 is 22.1 Å².